The number of thioether (sulfide) groups is 1. The second kappa shape index (κ2) is 10.1. The fourth-order valence-corrected chi connectivity index (χ4v) is 10.2. The average molecular weight is 631 g/mol. The third kappa shape index (κ3) is 3.75. The summed E-state index contributed by atoms with van der Waals surface area (Å²) in [6.45, 7) is 0. The molecule has 11 rings (SSSR count). The van der Waals surface area contributed by atoms with Crippen LogP contribution in [0.15, 0.2) is 166 Å². The Morgan fingerprint density at radius 1 is 0.562 bits per heavy atom. The summed E-state index contributed by atoms with van der Waals surface area (Å²) < 4.78 is 6.24. The first-order chi connectivity index (χ1) is 23.8. The molecule has 3 aliphatic carbocycles. The van der Waals surface area contributed by atoms with Crippen LogP contribution in [0.5, 0.6) is 0 Å². The molecule has 0 spiro atoms. The molecule has 0 radical (unpaired) electrons. The lowest BCUT2D eigenvalue weighted by molar-refractivity contribution is 0.669. The molecule has 0 saturated carbocycles. The van der Waals surface area contributed by atoms with Crippen molar-refractivity contribution in [1.29, 1.82) is 0 Å². The highest BCUT2D eigenvalue weighted by Gasteiger charge is 2.34. The van der Waals surface area contributed by atoms with Crippen LogP contribution >= 0.6 is 11.8 Å². The molecule has 0 fully saturated rings. The Labute approximate surface area is 282 Å². The topological polar surface area (TPSA) is 13.1 Å². The van der Waals surface area contributed by atoms with E-state index in [1.54, 1.807) is 0 Å². The quantitative estimate of drug-likeness (QED) is 0.176. The van der Waals surface area contributed by atoms with E-state index < -0.39 is 0 Å². The Bertz CT molecular complexity index is 2690. The van der Waals surface area contributed by atoms with Crippen molar-refractivity contribution in [3.05, 3.63) is 173 Å². The number of allylic oxidation sites excluding steroid dienone is 12. The highest BCUT2D eigenvalue weighted by molar-refractivity contribution is 8.03. The Hall–Kier alpha value is -5.31. The number of hydrogen-bond acceptors (Lipinski definition) is 2. The average Bonchev–Trinajstić information content (AvgIpc) is 3.70. The first-order valence-corrected chi connectivity index (χ1v) is 17.8. The van der Waals surface area contributed by atoms with Gasteiger partial charge in [0.15, 0.2) is 0 Å². The molecule has 0 N–H and O–H groups in total. The van der Waals surface area contributed by atoms with Gasteiger partial charge in [-0.2, -0.15) is 0 Å². The largest absolute Gasteiger partial charge is 0.456 e. The molecule has 6 aromatic carbocycles. The summed E-state index contributed by atoms with van der Waals surface area (Å²) in [4.78, 5) is 2.85. The summed E-state index contributed by atoms with van der Waals surface area (Å²) in [7, 11) is 0. The zero-order valence-electron chi connectivity index (χ0n) is 26.2. The van der Waals surface area contributed by atoms with Gasteiger partial charge in [-0.05, 0) is 89.7 Å². The maximum Gasteiger partial charge on any atom is 0.136 e. The van der Waals surface area contributed by atoms with Gasteiger partial charge >= 0.3 is 0 Å². The lowest BCUT2D eigenvalue weighted by Gasteiger charge is -2.30. The number of fused-ring (bicyclic) bond motifs is 11. The predicted molar refractivity (Wildman–Crippen MR) is 204 cm³/mol. The number of hydrogen-bond donors (Lipinski definition) is 0. The normalized spacial score (nSPS) is 21.1. The van der Waals surface area contributed by atoms with Crippen molar-refractivity contribution in [2.75, 3.05) is 0 Å². The fourth-order valence-electron chi connectivity index (χ4n) is 8.83. The zero-order valence-corrected chi connectivity index (χ0v) is 27.0. The highest BCUT2D eigenvalue weighted by Crippen LogP contribution is 2.57. The van der Waals surface area contributed by atoms with Gasteiger partial charge in [0.25, 0.3) is 0 Å². The van der Waals surface area contributed by atoms with E-state index in [2.05, 4.69) is 146 Å². The number of benzene rings is 6. The molecule has 0 saturated heterocycles. The summed E-state index contributed by atoms with van der Waals surface area (Å²) in [5, 5.41) is 10.3. The minimum atomic E-state index is 0.347. The third-order valence-electron chi connectivity index (χ3n) is 11.0. The highest BCUT2D eigenvalue weighted by atomic mass is 32.2. The summed E-state index contributed by atoms with van der Waals surface area (Å²) in [5.41, 5.74) is 8.95. The van der Waals surface area contributed by atoms with E-state index in [-0.39, 0.29) is 0 Å². The van der Waals surface area contributed by atoms with Crippen LogP contribution in [0.3, 0.4) is 0 Å². The van der Waals surface area contributed by atoms with Crippen molar-refractivity contribution in [3.8, 4) is 0 Å². The van der Waals surface area contributed by atoms with Gasteiger partial charge in [0.2, 0.25) is 0 Å². The van der Waals surface area contributed by atoms with Crippen LogP contribution in [0.25, 0.3) is 65.4 Å². The second-order valence-corrected chi connectivity index (χ2v) is 14.6. The van der Waals surface area contributed by atoms with Gasteiger partial charge in [-0.1, -0.05) is 145 Å². The smallest absolute Gasteiger partial charge is 0.136 e. The van der Waals surface area contributed by atoms with E-state index in [1.165, 1.54) is 80.7 Å². The van der Waals surface area contributed by atoms with Gasteiger partial charge in [-0.3, -0.25) is 0 Å². The minimum absolute atomic E-state index is 0.347. The van der Waals surface area contributed by atoms with Crippen molar-refractivity contribution in [1.82, 2.24) is 0 Å². The minimum Gasteiger partial charge on any atom is -0.456 e. The first kappa shape index (κ1) is 26.7. The zero-order chi connectivity index (χ0) is 31.3. The van der Waals surface area contributed by atoms with Crippen LogP contribution in [-0.2, 0) is 0 Å². The van der Waals surface area contributed by atoms with Crippen molar-refractivity contribution < 1.29 is 4.42 Å². The molecule has 3 atom stereocenters. The molecule has 2 heterocycles. The van der Waals surface area contributed by atoms with Gasteiger partial charge in [-0.25, -0.2) is 0 Å². The van der Waals surface area contributed by atoms with Crippen LogP contribution < -0.4 is 0 Å². The molecule has 7 aromatic rings. The molecule has 1 aliphatic heterocycles. The van der Waals surface area contributed by atoms with Gasteiger partial charge in [0, 0.05) is 33.4 Å². The standard InChI is InChI=1S/C46H30OS/c1-2-12-30-27(10-1)11-9-18-32(30)45-35-16-5-3-14-33(35)44(34-15-4-6-17-36(34)45)29-21-23-43-40(24-29)37-22-20-28-25-42-39(26-38(28)46(37)48-43)31-13-7-8-19-41(31)47-42/h1-23,25-27,30,40H,24H2. The van der Waals surface area contributed by atoms with Crippen LogP contribution in [0.2, 0.25) is 0 Å². The van der Waals surface area contributed by atoms with Crippen molar-refractivity contribution in [2.24, 2.45) is 11.8 Å². The molecule has 1 nitrogen and oxygen atoms in total. The van der Waals surface area contributed by atoms with Gasteiger partial charge in [0.1, 0.15) is 11.2 Å². The third-order valence-corrected chi connectivity index (χ3v) is 12.3. The lowest BCUT2D eigenvalue weighted by Crippen LogP contribution is -2.15. The molecule has 3 unspecified atom stereocenters. The summed E-state index contributed by atoms with van der Waals surface area (Å²) >= 11 is 1.96. The fraction of sp³-hybridized carbons (Fsp3) is 0.0870. The maximum atomic E-state index is 6.24. The summed E-state index contributed by atoms with van der Waals surface area (Å²) in [6, 6.07) is 35.9. The second-order valence-electron chi connectivity index (χ2n) is 13.5. The molecule has 0 bridgehead atoms. The van der Waals surface area contributed by atoms with Crippen molar-refractivity contribution >= 4 is 77.2 Å². The Kier molecular flexibility index (Phi) is 5.62. The van der Waals surface area contributed by atoms with E-state index in [9.17, 15) is 0 Å². The van der Waals surface area contributed by atoms with Crippen LogP contribution in [0.1, 0.15) is 29.0 Å². The van der Waals surface area contributed by atoms with Gasteiger partial charge in [-0.15, -0.1) is 0 Å². The van der Waals surface area contributed by atoms with Crippen molar-refractivity contribution in [3.63, 3.8) is 0 Å². The Balaban J connectivity index is 1.07. The molecule has 1 aromatic heterocycles. The Morgan fingerprint density at radius 2 is 1.27 bits per heavy atom. The predicted octanol–water partition coefficient (Wildman–Crippen LogP) is 12.9. The van der Waals surface area contributed by atoms with Crippen LogP contribution in [0.4, 0.5) is 0 Å². The first-order valence-electron chi connectivity index (χ1n) is 16.9. The molecule has 2 heteroatoms. The maximum absolute atomic E-state index is 6.24. The van der Waals surface area contributed by atoms with Crippen molar-refractivity contribution in [2.45, 2.75) is 17.2 Å². The molecule has 0 amide bonds. The van der Waals surface area contributed by atoms with E-state index in [1.807, 2.05) is 17.8 Å². The molecule has 4 aliphatic rings. The number of furan rings is 1. The van der Waals surface area contributed by atoms with E-state index in [4.69, 9.17) is 4.42 Å². The summed E-state index contributed by atoms with van der Waals surface area (Å²) in [5.74, 6) is 1.10. The molecule has 226 valence electrons. The van der Waals surface area contributed by atoms with E-state index in [0.29, 0.717) is 17.8 Å². The lowest BCUT2D eigenvalue weighted by atomic mass is 9.74. The van der Waals surface area contributed by atoms with E-state index >= 15 is 0 Å². The SMILES string of the molecule is C1=CC2C=CC=C(c3c4ccccc4c(C4=CC=C5Sc6c(ccc7cc8oc9ccccc9c8cc67)C5C4)c4ccccc34)C2C=C1. The van der Waals surface area contributed by atoms with Crippen LogP contribution in [0, 0.1) is 11.8 Å². The Morgan fingerprint density at radius 3 is 2.08 bits per heavy atom. The van der Waals surface area contributed by atoms with Gasteiger partial charge in [0.05, 0.1) is 0 Å². The number of para-hydroxylation sites is 1. The monoisotopic (exact) mass is 630 g/mol. The molecular formula is C46H30OS. The summed E-state index contributed by atoms with van der Waals surface area (Å²) in [6.07, 6.45) is 21.9. The number of rotatable bonds is 2. The van der Waals surface area contributed by atoms with Gasteiger partial charge < -0.3 is 4.42 Å². The van der Waals surface area contributed by atoms with Crippen LogP contribution in [-0.4, -0.2) is 0 Å². The van der Waals surface area contributed by atoms with E-state index in [0.717, 1.165) is 17.6 Å². The molecule has 48 heavy (non-hydrogen) atoms. The molecular weight excluding hydrogens is 601 g/mol.